The monoisotopic (exact) mass is 143 g/mol. The Labute approximate surface area is 60.9 Å². The van der Waals surface area contributed by atoms with E-state index in [1.807, 2.05) is 6.08 Å². The first kappa shape index (κ1) is 9.01. The van der Waals surface area contributed by atoms with Crippen LogP contribution in [0, 0.1) is 0 Å². The predicted octanol–water partition coefficient (Wildman–Crippen LogP) is 0.802. The molecule has 0 aromatic carbocycles. The van der Waals surface area contributed by atoms with Crippen LogP contribution in [0.3, 0.4) is 0 Å². The van der Waals surface area contributed by atoms with Crippen LogP contribution in [0.15, 0.2) is 12.3 Å². The molecule has 0 aromatic rings. The van der Waals surface area contributed by atoms with Crippen molar-refractivity contribution in [3.63, 3.8) is 0 Å². The third kappa shape index (κ3) is 7.01. The summed E-state index contributed by atoms with van der Waals surface area (Å²) in [5.74, 6) is -0.225. The van der Waals surface area contributed by atoms with Gasteiger partial charge in [-0.15, -0.1) is 0 Å². The highest BCUT2D eigenvalue weighted by Gasteiger charge is 1.89. The van der Waals surface area contributed by atoms with Gasteiger partial charge in [-0.05, 0) is 19.0 Å². The summed E-state index contributed by atoms with van der Waals surface area (Å²) in [6.45, 7) is 1.89. The molecular formula is C7H13NO2. The zero-order valence-electron chi connectivity index (χ0n) is 6.17. The number of allylic oxidation sites excluding steroid dienone is 1. The Morgan fingerprint density at radius 1 is 1.70 bits per heavy atom. The zero-order valence-corrected chi connectivity index (χ0v) is 6.17. The van der Waals surface area contributed by atoms with E-state index in [-0.39, 0.29) is 5.97 Å². The molecule has 0 aliphatic rings. The lowest BCUT2D eigenvalue weighted by atomic mass is 10.3. The second-order valence-corrected chi connectivity index (χ2v) is 1.91. The molecule has 2 N–H and O–H groups in total. The van der Waals surface area contributed by atoms with E-state index in [0.29, 0.717) is 6.61 Å². The summed E-state index contributed by atoms with van der Waals surface area (Å²) >= 11 is 0. The lowest BCUT2D eigenvalue weighted by Gasteiger charge is -1.97. The fraction of sp³-hybridized carbons (Fsp3) is 0.571. The molecule has 0 rings (SSSR count). The minimum Gasteiger partial charge on any atom is -0.466 e. The number of carbonyl (C=O) groups excluding carboxylic acids is 1. The Kier molecular flexibility index (Phi) is 5.53. The second kappa shape index (κ2) is 6.13. The van der Waals surface area contributed by atoms with Gasteiger partial charge >= 0.3 is 5.97 Å². The third-order valence-corrected chi connectivity index (χ3v) is 0.957. The molecule has 0 unspecified atom stereocenters. The average molecular weight is 143 g/mol. The average Bonchev–Trinajstić information content (AvgIpc) is 1.87. The highest BCUT2D eigenvalue weighted by atomic mass is 16.5. The minimum atomic E-state index is -0.225. The number of nitrogens with two attached hydrogens (primary N) is 1. The highest BCUT2D eigenvalue weighted by Crippen LogP contribution is 1.90. The van der Waals surface area contributed by atoms with Crippen molar-refractivity contribution in [1.82, 2.24) is 0 Å². The standard InChI is InChI=1S/C7H13NO2/c1-7(9)10-6-4-2-3-5-8/h3,5H,2,4,6,8H2,1H3/b5-3-. The fourth-order valence-electron chi connectivity index (χ4n) is 0.513. The molecule has 0 aliphatic heterocycles. The lowest BCUT2D eigenvalue weighted by Crippen LogP contribution is -1.99. The van der Waals surface area contributed by atoms with Gasteiger partial charge in [-0.3, -0.25) is 4.79 Å². The van der Waals surface area contributed by atoms with Crippen LogP contribution in [0.4, 0.5) is 0 Å². The van der Waals surface area contributed by atoms with Gasteiger partial charge in [0, 0.05) is 6.92 Å². The van der Waals surface area contributed by atoms with Crippen molar-refractivity contribution in [3.05, 3.63) is 12.3 Å². The van der Waals surface area contributed by atoms with Crippen LogP contribution in [-0.4, -0.2) is 12.6 Å². The molecular weight excluding hydrogens is 130 g/mol. The van der Waals surface area contributed by atoms with E-state index < -0.39 is 0 Å². The molecule has 0 heterocycles. The first-order chi connectivity index (χ1) is 4.77. The van der Waals surface area contributed by atoms with Crippen molar-refractivity contribution in [2.75, 3.05) is 6.61 Å². The van der Waals surface area contributed by atoms with Crippen LogP contribution in [0.5, 0.6) is 0 Å². The SMILES string of the molecule is CC(=O)OCCC/C=C\N. The molecule has 0 fully saturated rings. The predicted molar refractivity (Wildman–Crippen MR) is 39.2 cm³/mol. The quantitative estimate of drug-likeness (QED) is 0.468. The summed E-state index contributed by atoms with van der Waals surface area (Å²) in [5.41, 5.74) is 5.08. The van der Waals surface area contributed by atoms with Gasteiger partial charge < -0.3 is 10.5 Å². The van der Waals surface area contributed by atoms with Crippen LogP contribution in [-0.2, 0) is 9.53 Å². The van der Waals surface area contributed by atoms with Crippen molar-refractivity contribution in [2.45, 2.75) is 19.8 Å². The van der Waals surface area contributed by atoms with Gasteiger partial charge in [0.2, 0.25) is 0 Å². The molecule has 10 heavy (non-hydrogen) atoms. The van der Waals surface area contributed by atoms with Crippen molar-refractivity contribution in [3.8, 4) is 0 Å². The number of hydrogen-bond acceptors (Lipinski definition) is 3. The van der Waals surface area contributed by atoms with Gasteiger partial charge in [0.05, 0.1) is 6.61 Å². The summed E-state index contributed by atoms with van der Waals surface area (Å²) < 4.78 is 4.67. The number of carbonyl (C=O) groups is 1. The van der Waals surface area contributed by atoms with E-state index in [0.717, 1.165) is 12.8 Å². The van der Waals surface area contributed by atoms with E-state index in [1.54, 1.807) is 0 Å². The molecule has 0 aliphatic carbocycles. The summed E-state index contributed by atoms with van der Waals surface area (Å²) in [6, 6.07) is 0. The number of hydrogen-bond donors (Lipinski definition) is 1. The van der Waals surface area contributed by atoms with E-state index in [1.165, 1.54) is 13.1 Å². The molecule has 0 atom stereocenters. The lowest BCUT2D eigenvalue weighted by molar-refractivity contribution is -0.141. The van der Waals surface area contributed by atoms with Crippen molar-refractivity contribution < 1.29 is 9.53 Å². The molecule has 58 valence electrons. The number of esters is 1. The van der Waals surface area contributed by atoms with E-state index in [2.05, 4.69) is 4.74 Å². The van der Waals surface area contributed by atoms with Gasteiger partial charge in [0.15, 0.2) is 0 Å². The first-order valence-corrected chi connectivity index (χ1v) is 3.27. The molecule has 0 saturated heterocycles. The Balaban J connectivity index is 2.98. The topological polar surface area (TPSA) is 52.3 Å². The summed E-state index contributed by atoms with van der Waals surface area (Å²) in [5, 5.41) is 0. The maximum absolute atomic E-state index is 10.2. The number of ether oxygens (including phenoxy) is 1. The molecule has 3 nitrogen and oxygen atoms in total. The van der Waals surface area contributed by atoms with Gasteiger partial charge in [0.1, 0.15) is 0 Å². The van der Waals surface area contributed by atoms with Gasteiger partial charge in [-0.25, -0.2) is 0 Å². The molecule has 0 radical (unpaired) electrons. The molecule has 0 aromatic heterocycles. The smallest absolute Gasteiger partial charge is 0.302 e. The van der Waals surface area contributed by atoms with Gasteiger partial charge in [-0.1, -0.05) is 6.08 Å². The third-order valence-electron chi connectivity index (χ3n) is 0.957. The van der Waals surface area contributed by atoms with Crippen LogP contribution in [0.1, 0.15) is 19.8 Å². The Morgan fingerprint density at radius 2 is 2.40 bits per heavy atom. The maximum atomic E-state index is 10.2. The van der Waals surface area contributed by atoms with Gasteiger partial charge in [0.25, 0.3) is 0 Å². The molecule has 3 heteroatoms. The zero-order chi connectivity index (χ0) is 7.82. The van der Waals surface area contributed by atoms with E-state index >= 15 is 0 Å². The van der Waals surface area contributed by atoms with Crippen molar-refractivity contribution in [1.29, 1.82) is 0 Å². The van der Waals surface area contributed by atoms with Crippen LogP contribution in [0.2, 0.25) is 0 Å². The minimum absolute atomic E-state index is 0.225. The molecule has 0 bridgehead atoms. The second-order valence-electron chi connectivity index (χ2n) is 1.91. The van der Waals surface area contributed by atoms with Crippen LogP contribution in [0.25, 0.3) is 0 Å². The number of rotatable bonds is 4. The van der Waals surface area contributed by atoms with Crippen molar-refractivity contribution >= 4 is 5.97 Å². The number of unbranched alkanes of at least 4 members (excludes halogenated alkanes) is 1. The maximum Gasteiger partial charge on any atom is 0.302 e. The van der Waals surface area contributed by atoms with E-state index in [9.17, 15) is 4.79 Å². The first-order valence-electron chi connectivity index (χ1n) is 3.27. The molecule has 0 saturated carbocycles. The van der Waals surface area contributed by atoms with E-state index in [4.69, 9.17) is 5.73 Å². The van der Waals surface area contributed by atoms with Gasteiger partial charge in [-0.2, -0.15) is 0 Å². The highest BCUT2D eigenvalue weighted by molar-refractivity contribution is 5.65. The Bertz CT molecular complexity index is 121. The van der Waals surface area contributed by atoms with Crippen LogP contribution >= 0.6 is 0 Å². The van der Waals surface area contributed by atoms with Crippen LogP contribution < -0.4 is 5.73 Å². The summed E-state index contributed by atoms with van der Waals surface area (Å²) in [7, 11) is 0. The molecule has 0 amide bonds. The normalized spacial score (nSPS) is 10.1. The Hall–Kier alpha value is -0.990. The fourth-order valence-corrected chi connectivity index (χ4v) is 0.513. The largest absolute Gasteiger partial charge is 0.466 e. The summed E-state index contributed by atoms with van der Waals surface area (Å²) in [4.78, 5) is 10.2. The summed E-state index contributed by atoms with van der Waals surface area (Å²) in [6.07, 6.45) is 5.04. The Morgan fingerprint density at radius 3 is 2.90 bits per heavy atom. The molecule has 0 spiro atoms. The van der Waals surface area contributed by atoms with Crippen molar-refractivity contribution in [2.24, 2.45) is 5.73 Å².